The Morgan fingerprint density at radius 1 is 0.935 bits per heavy atom. The average Bonchev–Trinajstić information content (AvgIpc) is 3.15. The normalized spacial score (nSPS) is 39.7. The quantitative estimate of drug-likeness (QED) is 0.536. The molecule has 7 atom stereocenters. The van der Waals surface area contributed by atoms with E-state index in [4.69, 9.17) is 0 Å². The van der Waals surface area contributed by atoms with Gasteiger partial charge in [-0.15, -0.1) is 0 Å². The monoisotopic (exact) mass is 414 g/mol. The zero-order valence-corrected chi connectivity index (χ0v) is 19.6. The first-order valence-corrected chi connectivity index (χ1v) is 12.8. The topological polar surface area (TPSA) is 16.1 Å². The molecular formula is C29H38N2. The molecule has 164 valence electrons. The van der Waals surface area contributed by atoms with Crippen molar-refractivity contribution < 1.29 is 0 Å². The Balaban J connectivity index is 1.25. The summed E-state index contributed by atoms with van der Waals surface area (Å²) in [6, 6.07) is 10.0. The van der Waals surface area contributed by atoms with Crippen LogP contribution in [0.25, 0.3) is 16.3 Å². The Morgan fingerprint density at radius 2 is 1.81 bits per heavy atom. The number of hydrogen-bond acceptors (Lipinski definition) is 2. The van der Waals surface area contributed by atoms with E-state index < -0.39 is 0 Å². The van der Waals surface area contributed by atoms with Gasteiger partial charge in [-0.3, -0.25) is 4.98 Å². The van der Waals surface area contributed by atoms with Crippen LogP contribution in [0.15, 0.2) is 42.7 Å². The van der Waals surface area contributed by atoms with Gasteiger partial charge in [0.15, 0.2) is 0 Å². The van der Waals surface area contributed by atoms with Crippen LogP contribution >= 0.6 is 0 Å². The molecule has 0 aliphatic heterocycles. The van der Waals surface area contributed by atoms with Crippen LogP contribution in [-0.4, -0.2) is 30.0 Å². The van der Waals surface area contributed by atoms with E-state index in [1.165, 1.54) is 67.7 Å². The highest BCUT2D eigenvalue weighted by atomic mass is 15.1. The number of aromatic nitrogens is 1. The summed E-state index contributed by atoms with van der Waals surface area (Å²) in [6.45, 7) is 2.61. The second-order valence-electron chi connectivity index (χ2n) is 11.6. The second kappa shape index (κ2) is 7.44. The Labute approximate surface area is 188 Å². The van der Waals surface area contributed by atoms with Crippen molar-refractivity contribution in [2.24, 2.45) is 35.0 Å². The average molecular weight is 415 g/mol. The van der Waals surface area contributed by atoms with Gasteiger partial charge in [-0.05, 0) is 129 Å². The summed E-state index contributed by atoms with van der Waals surface area (Å²) in [4.78, 5) is 6.79. The van der Waals surface area contributed by atoms with Gasteiger partial charge in [0.1, 0.15) is 0 Å². The SMILES string of the molecule is CN(C)[C@H]1CCC2[C@@H](CCC3[C@@H]2CCC2(C)C(c4ccc5cnccc5c4)=CC[C@@H]32)C1. The van der Waals surface area contributed by atoms with Gasteiger partial charge < -0.3 is 4.90 Å². The second-order valence-corrected chi connectivity index (χ2v) is 11.6. The third-order valence-corrected chi connectivity index (χ3v) is 10.2. The minimum atomic E-state index is 0.371. The van der Waals surface area contributed by atoms with Crippen molar-refractivity contribution in [1.82, 2.24) is 9.88 Å². The van der Waals surface area contributed by atoms with Gasteiger partial charge in [0.05, 0.1) is 0 Å². The number of benzene rings is 1. The summed E-state index contributed by atoms with van der Waals surface area (Å²) in [7, 11) is 4.58. The minimum Gasteiger partial charge on any atom is -0.306 e. The van der Waals surface area contributed by atoms with E-state index in [0.29, 0.717) is 5.41 Å². The van der Waals surface area contributed by atoms with Crippen LogP contribution in [0.1, 0.15) is 63.9 Å². The maximum Gasteiger partial charge on any atom is 0.0346 e. The van der Waals surface area contributed by atoms with Crippen molar-refractivity contribution in [1.29, 1.82) is 0 Å². The molecule has 0 radical (unpaired) electrons. The summed E-state index contributed by atoms with van der Waals surface area (Å²) in [5.74, 6) is 4.82. The Morgan fingerprint density at radius 3 is 2.68 bits per heavy atom. The molecule has 0 spiro atoms. The molecule has 4 aliphatic rings. The minimum absolute atomic E-state index is 0.371. The molecule has 0 N–H and O–H groups in total. The van der Waals surface area contributed by atoms with Gasteiger partial charge in [0.25, 0.3) is 0 Å². The van der Waals surface area contributed by atoms with Crippen LogP contribution in [0.5, 0.6) is 0 Å². The molecule has 31 heavy (non-hydrogen) atoms. The molecule has 3 saturated carbocycles. The molecule has 4 aliphatic carbocycles. The third kappa shape index (κ3) is 3.12. The van der Waals surface area contributed by atoms with Crippen molar-refractivity contribution in [3.05, 3.63) is 48.3 Å². The maximum atomic E-state index is 4.29. The van der Waals surface area contributed by atoms with E-state index in [0.717, 1.165) is 35.6 Å². The van der Waals surface area contributed by atoms with Crippen molar-refractivity contribution in [3.63, 3.8) is 0 Å². The smallest absolute Gasteiger partial charge is 0.0346 e. The lowest BCUT2D eigenvalue weighted by Crippen LogP contribution is -2.49. The van der Waals surface area contributed by atoms with Crippen LogP contribution in [0.2, 0.25) is 0 Å². The number of nitrogens with zero attached hydrogens (tertiary/aromatic N) is 2. The molecule has 2 nitrogen and oxygen atoms in total. The van der Waals surface area contributed by atoms with Crippen molar-refractivity contribution >= 4 is 16.3 Å². The van der Waals surface area contributed by atoms with E-state index in [9.17, 15) is 0 Å². The molecular weight excluding hydrogens is 376 g/mol. The fourth-order valence-corrected chi connectivity index (χ4v) is 8.56. The summed E-state index contributed by atoms with van der Waals surface area (Å²) < 4.78 is 0. The number of pyridine rings is 1. The van der Waals surface area contributed by atoms with Gasteiger partial charge in [0.2, 0.25) is 0 Å². The predicted molar refractivity (Wildman–Crippen MR) is 130 cm³/mol. The molecule has 0 saturated heterocycles. The zero-order valence-electron chi connectivity index (χ0n) is 19.6. The van der Waals surface area contributed by atoms with Crippen molar-refractivity contribution in [3.8, 4) is 0 Å². The third-order valence-electron chi connectivity index (χ3n) is 10.2. The Hall–Kier alpha value is -1.67. The van der Waals surface area contributed by atoms with E-state index in [1.807, 2.05) is 12.4 Å². The molecule has 0 bridgehead atoms. The lowest BCUT2D eigenvalue weighted by atomic mass is 9.49. The molecule has 0 amide bonds. The van der Waals surface area contributed by atoms with Crippen LogP contribution in [0, 0.1) is 35.0 Å². The maximum absolute atomic E-state index is 4.29. The molecule has 3 fully saturated rings. The molecule has 2 aromatic rings. The van der Waals surface area contributed by atoms with Gasteiger partial charge in [-0.25, -0.2) is 0 Å². The molecule has 1 heterocycles. The molecule has 6 rings (SSSR count). The van der Waals surface area contributed by atoms with Crippen LogP contribution in [0.3, 0.4) is 0 Å². The highest BCUT2D eigenvalue weighted by molar-refractivity contribution is 5.86. The lowest BCUT2D eigenvalue weighted by Gasteiger charge is -2.56. The number of rotatable bonds is 2. The van der Waals surface area contributed by atoms with E-state index >= 15 is 0 Å². The first-order valence-electron chi connectivity index (χ1n) is 12.8. The molecule has 3 unspecified atom stereocenters. The largest absolute Gasteiger partial charge is 0.306 e. The van der Waals surface area contributed by atoms with Gasteiger partial charge in [-0.2, -0.15) is 0 Å². The standard InChI is InChI=1S/C29H38N2/c1-29-14-12-25-24-9-7-23(31(2)3)17-20(24)6-8-26(25)28(29)11-10-27(29)21-4-5-22-18-30-15-13-19(22)16-21/h4-5,10,13,15-16,18,20,23-26,28H,6-9,11-12,14,17H2,1-3H3/t20-,23-,24?,25+,26?,28-,29?/m0/s1. The molecule has 2 heteroatoms. The predicted octanol–water partition coefficient (Wildman–Crippen LogP) is 6.81. The van der Waals surface area contributed by atoms with Gasteiger partial charge in [0, 0.05) is 23.8 Å². The fraction of sp³-hybridized carbons (Fsp3) is 0.621. The number of allylic oxidation sites excluding steroid dienone is 2. The van der Waals surface area contributed by atoms with Crippen LogP contribution < -0.4 is 0 Å². The zero-order chi connectivity index (χ0) is 21.2. The Kier molecular flexibility index (Phi) is 4.79. The highest BCUT2D eigenvalue weighted by Crippen LogP contribution is 2.64. The van der Waals surface area contributed by atoms with Gasteiger partial charge >= 0.3 is 0 Å². The lowest BCUT2D eigenvalue weighted by molar-refractivity contribution is -0.0482. The summed E-state index contributed by atoms with van der Waals surface area (Å²) in [5, 5.41) is 2.58. The molecule has 1 aromatic carbocycles. The van der Waals surface area contributed by atoms with Crippen LogP contribution in [-0.2, 0) is 0 Å². The number of fused-ring (bicyclic) bond motifs is 6. The first kappa shape index (κ1) is 20.0. The Bertz CT molecular complexity index is 1010. The fourth-order valence-electron chi connectivity index (χ4n) is 8.56. The van der Waals surface area contributed by atoms with Crippen molar-refractivity contribution in [2.75, 3.05) is 14.1 Å². The van der Waals surface area contributed by atoms with Crippen molar-refractivity contribution in [2.45, 2.75) is 64.3 Å². The van der Waals surface area contributed by atoms with E-state index in [-0.39, 0.29) is 0 Å². The molecule has 1 aromatic heterocycles. The number of hydrogen-bond donors (Lipinski definition) is 0. The summed E-state index contributed by atoms with van der Waals surface area (Å²) >= 11 is 0. The first-order chi connectivity index (χ1) is 15.0. The van der Waals surface area contributed by atoms with Crippen LogP contribution in [0.4, 0.5) is 0 Å². The van der Waals surface area contributed by atoms with E-state index in [1.54, 1.807) is 5.57 Å². The van der Waals surface area contributed by atoms with Gasteiger partial charge in [-0.1, -0.05) is 25.1 Å². The highest BCUT2D eigenvalue weighted by Gasteiger charge is 2.54. The summed E-state index contributed by atoms with van der Waals surface area (Å²) in [6.07, 6.45) is 18.0. The van der Waals surface area contributed by atoms with E-state index in [2.05, 4.69) is 61.2 Å². The summed E-state index contributed by atoms with van der Waals surface area (Å²) in [5.41, 5.74) is 3.48.